The molecule has 0 radical (unpaired) electrons. The number of aromatic nitrogens is 3. The van der Waals surface area contributed by atoms with Gasteiger partial charge in [-0.1, -0.05) is 0 Å². The first-order valence-electron chi connectivity index (χ1n) is 4.99. The monoisotopic (exact) mass is 278 g/mol. The molecule has 0 fully saturated rings. The molecule has 0 saturated carbocycles. The molecule has 2 aromatic rings. The molecule has 102 valence electrons. The SMILES string of the molecule is CNc1nnc(-c2c(F)c(F)c(F)c(F)c2F)n1C. The van der Waals surface area contributed by atoms with Gasteiger partial charge in [0.15, 0.2) is 29.1 Å². The molecule has 0 unspecified atom stereocenters. The van der Waals surface area contributed by atoms with Crippen molar-refractivity contribution in [2.45, 2.75) is 0 Å². The molecule has 0 saturated heterocycles. The molecule has 0 spiro atoms. The average Bonchev–Trinajstić information content (AvgIpc) is 2.76. The maximum Gasteiger partial charge on any atom is 0.224 e. The Morgan fingerprint density at radius 3 is 1.74 bits per heavy atom. The summed E-state index contributed by atoms with van der Waals surface area (Å²) < 4.78 is 67.2. The summed E-state index contributed by atoms with van der Waals surface area (Å²) in [5, 5.41) is 9.46. The highest BCUT2D eigenvalue weighted by Gasteiger charge is 2.29. The van der Waals surface area contributed by atoms with Crippen molar-refractivity contribution in [3.8, 4) is 11.4 Å². The van der Waals surface area contributed by atoms with Crippen LogP contribution in [0.4, 0.5) is 27.9 Å². The van der Waals surface area contributed by atoms with Crippen molar-refractivity contribution < 1.29 is 22.0 Å². The summed E-state index contributed by atoms with van der Waals surface area (Å²) in [5.41, 5.74) is -1.12. The third-order valence-corrected chi connectivity index (χ3v) is 2.53. The van der Waals surface area contributed by atoms with Crippen molar-refractivity contribution in [1.29, 1.82) is 0 Å². The van der Waals surface area contributed by atoms with Crippen LogP contribution in [-0.2, 0) is 7.05 Å². The van der Waals surface area contributed by atoms with E-state index in [0.29, 0.717) is 0 Å². The normalized spacial score (nSPS) is 10.9. The van der Waals surface area contributed by atoms with Gasteiger partial charge in [-0.05, 0) is 0 Å². The maximum atomic E-state index is 13.6. The zero-order valence-corrected chi connectivity index (χ0v) is 9.73. The molecule has 0 amide bonds. The predicted octanol–water partition coefficient (Wildman–Crippen LogP) is 2.22. The van der Waals surface area contributed by atoms with Crippen molar-refractivity contribution in [3.05, 3.63) is 29.1 Å². The summed E-state index contributed by atoms with van der Waals surface area (Å²) in [5.74, 6) is -10.5. The Morgan fingerprint density at radius 2 is 1.32 bits per heavy atom. The van der Waals surface area contributed by atoms with Gasteiger partial charge in [0.1, 0.15) is 0 Å². The van der Waals surface area contributed by atoms with Gasteiger partial charge in [-0.25, -0.2) is 22.0 Å². The third-order valence-electron chi connectivity index (χ3n) is 2.53. The third kappa shape index (κ3) is 1.81. The predicted molar refractivity (Wildman–Crippen MR) is 55.8 cm³/mol. The van der Waals surface area contributed by atoms with Crippen LogP contribution in [0.15, 0.2) is 0 Å². The molecule has 0 aliphatic carbocycles. The lowest BCUT2D eigenvalue weighted by atomic mass is 10.1. The first kappa shape index (κ1) is 13.2. The molecule has 0 bridgehead atoms. The van der Waals surface area contributed by atoms with E-state index in [2.05, 4.69) is 15.5 Å². The summed E-state index contributed by atoms with van der Waals surface area (Å²) in [6, 6.07) is 0. The number of nitrogens with zero attached hydrogens (tertiary/aromatic N) is 3. The van der Waals surface area contributed by atoms with Gasteiger partial charge in [-0.2, -0.15) is 0 Å². The maximum absolute atomic E-state index is 13.6. The summed E-state index contributed by atoms with van der Waals surface area (Å²) in [6.45, 7) is 0. The van der Waals surface area contributed by atoms with E-state index in [0.717, 1.165) is 4.57 Å². The summed E-state index contributed by atoms with van der Waals surface area (Å²) in [6.07, 6.45) is 0. The second-order valence-electron chi connectivity index (χ2n) is 3.60. The Balaban J connectivity index is 2.79. The smallest absolute Gasteiger partial charge is 0.224 e. The van der Waals surface area contributed by atoms with Crippen molar-refractivity contribution in [2.75, 3.05) is 12.4 Å². The lowest BCUT2D eigenvalue weighted by Gasteiger charge is -2.08. The molecule has 0 atom stereocenters. The Kier molecular flexibility index (Phi) is 3.13. The highest BCUT2D eigenvalue weighted by atomic mass is 19.2. The van der Waals surface area contributed by atoms with Gasteiger partial charge in [0.05, 0.1) is 5.56 Å². The Bertz CT molecular complexity index is 623. The van der Waals surface area contributed by atoms with E-state index in [1.165, 1.54) is 14.1 Å². The van der Waals surface area contributed by atoms with Crippen molar-refractivity contribution >= 4 is 5.95 Å². The van der Waals surface area contributed by atoms with Crippen LogP contribution in [-0.4, -0.2) is 21.8 Å². The van der Waals surface area contributed by atoms with E-state index in [1.54, 1.807) is 0 Å². The zero-order valence-electron chi connectivity index (χ0n) is 9.73. The van der Waals surface area contributed by atoms with E-state index in [1.807, 2.05) is 0 Å². The highest BCUT2D eigenvalue weighted by molar-refractivity contribution is 5.59. The van der Waals surface area contributed by atoms with Crippen LogP contribution in [0.25, 0.3) is 11.4 Å². The fourth-order valence-electron chi connectivity index (χ4n) is 1.57. The molecular formula is C10H7F5N4. The molecule has 0 aliphatic rings. The largest absolute Gasteiger partial charge is 0.357 e. The average molecular weight is 278 g/mol. The van der Waals surface area contributed by atoms with Crippen molar-refractivity contribution in [1.82, 2.24) is 14.8 Å². The van der Waals surface area contributed by atoms with Crippen molar-refractivity contribution in [3.63, 3.8) is 0 Å². The molecule has 19 heavy (non-hydrogen) atoms. The van der Waals surface area contributed by atoms with Gasteiger partial charge in [0.25, 0.3) is 0 Å². The Morgan fingerprint density at radius 1 is 0.842 bits per heavy atom. The number of rotatable bonds is 2. The molecular weight excluding hydrogens is 271 g/mol. The number of benzene rings is 1. The summed E-state index contributed by atoms with van der Waals surface area (Å²) >= 11 is 0. The number of anilines is 1. The van der Waals surface area contributed by atoms with Crippen molar-refractivity contribution in [2.24, 2.45) is 7.05 Å². The quantitative estimate of drug-likeness (QED) is 0.520. The summed E-state index contributed by atoms with van der Waals surface area (Å²) in [7, 11) is 2.78. The van der Waals surface area contributed by atoms with Crippen LogP contribution in [0.1, 0.15) is 0 Å². The number of hydrogen-bond acceptors (Lipinski definition) is 3. The first-order chi connectivity index (χ1) is 8.90. The lowest BCUT2D eigenvalue weighted by Crippen LogP contribution is -2.07. The van der Waals surface area contributed by atoms with E-state index in [9.17, 15) is 22.0 Å². The van der Waals surface area contributed by atoms with E-state index in [4.69, 9.17) is 0 Å². The van der Waals surface area contributed by atoms with Gasteiger partial charge < -0.3 is 5.32 Å². The highest BCUT2D eigenvalue weighted by Crippen LogP contribution is 2.30. The van der Waals surface area contributed by atoms with Gasteiger partial charge in [0.2, 0.25) is 11.8 Å². The van der Waals surface area contributed by atoms with Crippen LogP contribution in [0, 0.1) is 29.1 Å². The van der Waals surface area contributed by atoms with Gasteiger partial charge in [-0.15, -0.1) is 10.2 Å². The molecule has 1 aromatic heterocycles. The number of halogens is 5. The van der Waals surface area contributed by atoms with Crippen LogP contribution in [0.5, 0.6) is 0 Å². The van der Waals surface area contributed by atoms with Crippen LogP contribution in [0.3, 0.4) is 0 Å². The second-order valence-corrected chi connectivity index (χ2v) is 3.60. The summed E-state index contributed by atoms with van der Waals surface area (Å²) in [4.78, 5) is 0. The minimum Gasteiger partial charge on any atom is -0.357 e. The Hall–Kier alpha value is -2.19. The van der Waals surface area contributed by atoms with Crippen LogP contribution < -0.4 is 5.32 Å². The minimum absolute atomic E-state index is 0.110. The van der Waals surface area contributed by atoms with E-state index < -0.39 is 40.5 Å². The zero-order chi connectivity index (χ0) is 14.3. The number of nitrogens with one attached hydrogen (secondary N) is 1. The van der Waals surface area contributed by atoms with Crippen LogP contribution >= 0.6 is 0 Å². The topological polar surface area (TPSA) is 42.7 Å². The standard InChI is InChI=1S/C10H7F5N4/c1-16-10-18-17-9(19(10)2)3-4(11)6(13)8(15)7(14)5(3)12/h1-2H3,(H,16,18). The van der Waals surface area contributed by atoms with E-state index in [-0.39, 0.29) is 5.95 Å². The lowest BCUT2D eigenvalue weighted by molar-refractivity contribution is 0.380. The minimum atomic E-state index is -2.21. The fraction of sp³-hybridized carbons (Fsp3) is 0.200. The Labute approximate surface area is 103 Å². The molecule has 1 aromatic carbocycles. The molecule has 2 rings (SSSR count). The fourth-order valence-corrected chi connectivity index (χ4v) is 1.57. The van der Waals surface area contributed by atoms with Gasteiger partial charge in [0, 0.05) is 14.1 Å². The number of hydrogen-bond donors (Lipinski definition) is 1. The molecule has 0 aliphatic heterocycles. The van der Waals surface area contributed by atoms with Gasteiger partial charge in [-0.3, -0.25) is 4.57 Å². The van der Waals surface area contributed by atoms with Crippen LogP contribution in [0.2, 0.25) is 0 Å². The molecule has 1 N–H and O–H groups in total. The van der Waals surface area contributed by atoms with E-state index >= 15 is 0 Å². The van der Waals surface area contributed by atoms with Gasteiger partial charge >= 0.3 is 0 Å². The first-order valence-corrected chi connectivity index (χ1v) is 4.99. The second kappa shape index (κ2) is 4.48. The molecule has 4 nitrogen and oxygen atoms in total. The molecule has 1 heterocycles. The molecule has 9 heteroatoms.